The molecule has 5 N–H and O–H groups in total. The van der Waals surface area contributed by atoms with Crippen LogP contribution in [0.25, 0.3) is 0 Å². The van der Waals surface area contributed by atoms with Gasteiger partial charge in [-0.3, -0.25) is 9.79 Å². The molecule has 1 atom stereocenters. The molecule has 0 radical (unpaired) electrons. The van der Waals surface area contributed by atoms with Gasteiger partial charge in [0.05, 0.1) is 11.7 Å². The van der Waals surface area contributed by atoms with Crippen LogP contribution in [0, 0.1) is 0 Å². The predicted molar refractivity (Wildman–Crippen MR) is 60.8 cm³/mol. The van der Waals surface area contributed by atoms with Crippen molar-refractivity contribution in [1.29, 1.82) is 0 Å². The molecule has 0 rings (SSSR count). The second-order valence-electron chi connectivity index (χ2n) is 3.86. The lowest BCUT2D eigenvalue weighted by atomic mass is 9.98. The van der Waals surface area contributed by atoms with Gasteiger partial charge in [-0.15, -0.1) is 0 Å². The van der Waals surface area contributed by atoms with E-state index in [1.165, 1.54) is 13.0 Å². The van der Waals surface area contributed by atoms with E-state index in [-0.39, 0.29) is 6.42 Å². The zero-order valence-corrected chi connectivity index (χ0v) is 9.53. The lowest BCUT2D eigenvalue weighted by Crippen LogP contribution is -2.44. The number of amidine groups is 1. The molecular weight excluding hydrogens is 213 g/mol. The Morgan fingerprint density at radius 2 is 2.19 bits per heavy atom. The highest BCUT2D eigenvalue weighted by atomic mass is 19.1. The minimum Gasteiger partial charge on any atom is -0.480 e. The predicted octanol–water partition coefficient (Wildman–Crippen LogP) is 0.799. The Hall–Kier alpha value is -1.43. The van der Waals surface area contributed by atoms with Gasteiger partial charge in [0.1, 0.15) is 5.54 Å². The van der Waals surface area contributed by atoms with Gasteiger partial charge in [-0.2, -0.15) is 0 Å². The Bertz CT molecular complexity index is 307. The molecule has 0 fully saturated rings. The average Bonchev–Trinajstić information content (AvgIpc) is 2.11. The highest BCUT2D eigenvalue weighted by Crippen LogP contribution is 2.15. The van der Waals surface area contributed by atoms with Crippen molar-refractivity contribution >= 4 is 11.8 Å². The van der Waals surface area contributed by atoms with Crippen molar-refractivity contribution in [3.05, 3.63) is 11.9 Å². The summed E-state index contributed by atoms with van der Waals surface area (Å²) < 4.78 is 13.2. The summed E-state index contributed by atoms with van der Waals surface area (Å²) in [6, 6.07) is 0. The quantitative estimate of drug-likeness (QED) is 0.357. The largest absolute Gasteiger partial charge is 0.480 e. The highest BCUT2D eigenvalue weighted by Gasteiger charge is 2.29. The minimum absolute atomic E-state index is 0.326. The molecule has 6 heteroatoms. The molecular formula is C10H18FN3O2. The van der Waals surface area contributed by atoms with Gasteiger partial charge in [0.2, 0.25) is 0 Å². The van der Waals surface area contributed by atoms with E-state index >= 15 is 0 Å². The number of carboxylic acids is 1. The van der Waals surface area contributed by atoms with Crippen molar-refractivity contribution in [2.24, 2.45) is 16.5 Å². The molecule has 16 heavy (non-hydrogen) atoms. The molecule has 0 amide bonds. The van der Waals surface area contributed by atoms with Crippen molar-refractivity contribution in [1.82, 2.24) is 0 Å². The van der Waals surface area contributed by atoms with Gasteiger partial charge in [-0.25, -0.2) is 4.39 Å². The van der Waals surface area contributed by atoms with E-state index in [1.807, 2.05) is 0 Å². The van der Waals surface area contributed by atoms with Gasteiger partial charge in [-0.1, -0.05) is 6.08 Å². The first kappa shape index (κ1) is 14.6. The van der Waals surface area contributed by atoms with Crippen LogP contribution in [0.1, 0.15) is 26.7 Å². The number of carboxylic acid groups (broad SMARTS) is 1. The van der Waals surface area contributed by atoms with E-state index in [9.17, 15) is 9.18 Å². The fraction of sp³-hybridized carbons (Fsp3) is 0.600. The number of halogens is 1. The minimum atomic E-state index is -1.58. The first-order chi connectivity index (χ1) is 7.25. The molecule has 0 aliphatic rings. The fourth-order valence-electron chi connectivity index (χ4n) is 0.961. The van der Waals surface area contributed by atoms with Gasteiger partial charge >= 0.3 is 5.97 Å². The van der Waals surface area contributed by atoms with Crippen molar-refractivity contribution in [2.75, 3.05) is 6.54 Å². The van der Waals surface area contributed by atoms with Crippen LogP contribution >= 0.6 is 0 Å². The van der Waals surface area contributed by atoms with Crippen LogP contribution in [-0.2, 0) is 4.79 Å². The van der Waals surface area contributed by atoms with Crippen molar-refractivity contribution < 1.29 is 14.3 Å². The Kier molecular flexibility index (Phi) is 5.66. The monoisotopic (exact) mass is 231 g/mol. The summed E-state index contributed by atoms with van der Waals surface area (Å²) in [4.78, 5) is 14.5. The van der Waals surface area contributed by atoms with Crippen LogP contribution in [0.15, 0.2) is 16.9 Å². The van der Waals surface area contributed by atoms with E-state index in [0.29, 0.717) is 18.8 Å². The standard InChI is InChI=1S/C10H18FN3O2/c1-7(12)14-5-3-4-8(11)6-10(2,13)9(15)16/h4H,3,5-6,13H2,1-2H3,(H2,12,14)(H,15,16)/b8-4-. The molecule has 92 valence electrons. The third-order valence-electron chi connectivity index (χ3n) is 1.88. The molecule has 1 unspecified atom stereocenters. The number of aliphatic imine (C=N–C) groups is 1. The van der Waals surface area contributed by atoms with Crippen LogP contribution < -0.4 is 11.5 Å². The zero-order chi connectivity index (χ0) is 12.8. The van der Waals surface area contributed by atoms with Crippen molar-refractivity contribution in [3.63, 3.8) is 0 Å². The van der Waals surface area contributed by atoms with Crippen LogP contribution in [0.4, 0.5) is 4.39 Å². The molecule has 0 saturated carbocycles. The Morgan fingerprint density at radius 3 is 2.62 bits per heavy atom. The van der Waals surface area contributed by atoms with Crippen molar-refractivity contribution in [3.8, 4) is 0 Å². The molecule has 0 bridgehead atoms. The van der Waals surface area contributed by atoms with Crippen LogP contribution in [0.5, 0.6) is 0 Å². The van der Waals surface area contributed by atoms with E-state index in [4.69, 9.17) is 16.6 Å². The fourth-order valence-corrected chi connectivity index (χ4v) is 0.961. The van der Waals surface area contributed by atoms with Crippen LogP contribution in [0.3, 0.4) is 0 Å². The van der Waals surface area contributed by atoms with E-state index in [1.54, 1.807) is 6.92 Å². The lowest BCUT2D eigenvalue weighted by Gasteiger charge is -2.17. The van der Waals surface area contributed by atoms with E-state index in [0.717, 1.165) is 0 Å². The maximum atomic E-state index is 13.2. The molecule has 0 aliphatic heterocycles. The summed E-state index contributed by atoms with van der Waals surface area (Å²) in [7, 11) is 0. The number of nitrogens with two attached hydrogens (primary N) is 2. The summed E-state index contributed by atoms with van der Waals surface area (Å²) in [5, 5.41) is 8.68. The van der Waals surface area contributed by atoms with Gasteiger partial charge in [-0.05, 0) is 20.3 Å². The zero-order valence-electron chi connectivity index (χ0n) is 9.53. The molecule has 5 nitrogen and oxygen atoms in total. The molecule has 0 aromatic heterocycles. The van der Waals surface area contributed by atoms with Gasteiger partial charge < -0.3 is 16.6 Å². The molecule has 0 aromatic carbocycles. The van der Waals surface area contributed by atoms with Gasteiger partial charge in [0, 0.05) is 13.0 Å². The Labute approximate surface area is 94.0 Å². The number of nitrogens with zero attached hydrogens (tertiary/aromatic N) is 1. The number of hydrogen-bond acceptors (Lipinski definition) is 3. The smallest absolute Gasteiger partial charge is 0.323 e. The average molecular weight is 231 g/mol. The number of rotatable bonds is 6. The molecule has 0 saturated heterocycles. The first-order valence-electron chi connectivity index (χ1n) is 4.89. The molecule has 0 heterocycles. The number of aliphatic carboxylic acids is 1. The maximum absolute atomic E-state index is 13.2. The van der Waals surface area contributed by atoms with Crippen molar-refractivity contribution in [2.45, 2.75) is 32.2 Å². The first-order valence-corrected chi connectivity index (χ1v) is 4.89. The van der Waals surface area contributed by atoms with Gasteiger partial charge in [0.15, 0.2) is 0 Å². The van der Waals surface area contributed by atoms with Crippen LogP contribution in [-0.4, -0.2) is 29.0 Å². The third kappa shape index (κ3) is 6.13. The van der Waals surface area contributed by atoms with E-state index < -0.39 is 17.3 Å². The Morgan fingerprint density at radius 1 is 1.62 bits per heavy atom. The Balaban J connectivity index is 4.16. The summed E-state index contributed by atoms with van der Waals surface area (Å²) in [6.07, 6.45) is 1.32. The summed E-state index contributed by atoms with van der Waals surface area (Å²) in [5.41, 5.74) is 9.10. The molecule has 0 aromatic rings. The van der Waals surface area contributed by atoms with E-state index in [2.05, 4.69) is 4.99 Å². The lowest BCUT2D eigenvalue weighted by molar-refractivity contribution is -0.142. The topological polar surface area (TPSA) is 102 Å². The SMILES string of the molecule is CC(N)=NCC/C=C(\F)CC(C)(N)C(=O)O. The summed E-state index contributed by atoms with van der Waals surface area (Å²) >= 11 is 0. The molecule has 0 spiro atoms. The maximum Gasteiger partial charge on any atom is 0.323 e. The summed E-state index contributed by atoms with van der Waals surface area (Å²) in [6.45, 7) is 3.29. The summed E-state index contributed by atoms with van der Waals surface area (Å²) in [5.74, 6) is -1.34. The number of hydrogen-bond donors (Lipinski definition) is 3. The second kappa shape index (κ2) is 6.22. The van der Waals surface area contributed by atoms with Crippen LogP contribution in [0.2, 0.25) is 0 Å². The third-order valence-corrected chi connectivity index (χ3v) is 1.88. The molecule has 0 aliphatic carbocycles. The highest BCUT2D eigenvalue weighted by molar-refractivity contribution is 5.78. The van der Waals surface area contributed by atoms with Gasteiger partial charge in [0.25, 0.3) is 0 Å². The number of carbonyl (C=O) groups is 1. The second-order valence-corrected chi connectivity index (χ2v) is 3.86. The normalized spacial score (nSPS) is 17.0.